The van der Waals surface area contributed by atoms with Gasteiger partial charge in [-0.05, 0) is 30.4 Å². The van der Waals surface area contributed by atoms with E-state index >= 15 is 0 Å². The first-order valence-electron chi connectivity index (χ1n) is 5.78. The van der Waals surface area contributed by atoms with Crippen LogP contribution in [0.15, 0.2) is 40.9 Å². The van der Waals surface area contributed by atoms with Crippen LogP contribution in [0.2, 0.25) is 0 Å². The smallest absolute Gasteiger partial charge is 0.0446 e. The first-order valence-corrected chi connectivity index (χ1v) is 6.58. The fraction of sp³-hybridized carbons (Fsp3) is 0.286. The van der Waals surface area contributed by atoms with Crippen LogP contribution < -0.4 is 4.90 Å². The predicted octanol–water partition coefficient (Wildman–Crippen LogP) is 4.20. The SMILES string of the molecule is Brc1ccc(N2CCCC2)c2ccccc12. The minimum Gasteiger partial charge on any atom is -0.371 e. The van der Waals surface area contributed by atoms with Gasteiger partial charge in [0.25, 0.3) is 0 Å². The van der Waals surface area contributed by atoms with Crippen LogP contribution in [0, 0.1) is 0 Å². The highest BCUT2D eigenvalue weighted by atomic mass is 79.9. The van der Waals surface area contributed by atoms with Crippen molar-refractivity contribution in [1.29, 1.82) is 0 Å². The summed E-state index contributed by atoms with van der Waals surface area (Å²) in [6.07, 6.45) is 2.65. The molecule has 0 bridgehead atoms. The Morgan fingerprint density at radius 2 is 1.56 bits per heavy atom. The molecule has 82 valence electrons. The predicted molar refractivity (Wildman–Crippen MR) is 73.1 cm³/mol. The van der Waals surface area contributed by atoms with Gasteiger partial charge in [0.2, 0.25) is 0 Å². The third-order valence-electron chi connectivity index (χ3n) is 3.29. The van der Waals surface area contributed by atoms with Crippen molar-refractivity contribution >= 4 is 32.4 Å². The first-order chi connectivity index (χ1) is 7.86. The molecule has 0 saturated carbocycles. The van der Waals surface area contributed by atoms with Crippen molar-refractivity contribution in [3.8, 4) is 0 Å². The van der Waals surface area contributed by atoms with Crippen molar-refractivity contribution in [3.05, 3.63) is 40.9 Å². The summed E-state index contributed by atoms with van der Waals surface area (Å²) in [5.74, 6) is 0. The lowest BCUT2D eigenvalue weighted by atomic mass is 10.1. The lowest BCUT2D eigenvalue weighted by molar-refractivity contribution is 0.949. The van der Waals surface area contributed by atoms with Gasteiger partial charge < -0.3 is 4.90 Å². The molecule has 2 heteroatoms. The van der Waals surface area contributed by atoms with Gasteiger partial charge in [0.05, 0.1) is 0 Å². The molecule has 3 rings (SSSR count). The van der Waals surface area contributed by atoms with E-state index in [1.54, 1.807) is 0 Å². The fourth-order valence-corrected chi connectivity index (χ4v) is 2.96. The Bertz CT molecular complexity index is 515. The second kappa shape index (κ2) is 4.10. The van der Waals surface area contributed by atoms with E-state index in [0.717, 1.165) is 0 Å². The van der Waals surface area contributed by atoms with Crippen LogP contribution in [0.3, 0.4) is 0 Å². The van der Waals surface area contributed by atoms with E-state index in [9.17, 15) is 0 Å². The van der Waals surface area contributed by atoms with Crippen LogP contribution in [-0.2, 0) is 0 Å². The number of hydrogen-bond acceptors (Lipinski definition) is 1. The van der Waals surface area contributed by atoms with Crippen LogP contribution in [-0.4, -0.2) is 13.1 Å². The van der Waals surface area contributed by atoms with Gasteiger partial charge in [-0.25, -0.2) is 0 Å². The lowest BCUT2D eigenvalue weighted by Crippen LogP contribution is -2.17. The van der Waals surface area contributed by atoms with Crippen LogP contribution in [0.1, 0.15) is 12.8 Å². The molecule has 0 spiro atoms. The Morgan fingerprint density at radius 3 is 2.31 bits per heavy atom. The summed E-state index contributed by atoms with van der Waals surface area (Å²) >= 11 is 3.62. The molecule has 1 saturated heterocycles. The maximum atomic E-state index is 3.62. The van der Waals surface area contributed by atoms with Gasteiger partial charge in [-0.2, -0.15) is 0 Å². The van der Waals surface area contributed by atoms with Crippen LogP contribution in [0.5, 0.6) is 0 Å². The summed E-state index contributed by atoms with van der Waals surface area (Å²) in [7, 11) is 0. The average molecular weight is 276 g/mol. The third kappa shape index (κ3) is 1.61. The molecule has 0 aliphatic carbocycles. The average Bonchev–Trinajstić information content (AvgIpc) is 2.83. The van der Waals surface area contributed by atoms with Crippen molar-refractivity contribution in [2.75, 3.05) is 18.0 Å². The molecular weight excluding hydrogens is 262 g/mol. The van der Waals surface area contributed by atoms with Crippen LogP contribution in [0.25, 0.3) is 10.8 Å². The van der Waals surface area contributed by atoms with Crippen LogP contribution in [0.4, 0.5) is 5.69 Å². The zero-order chi connectivity index (χ0) is 11.0. The topological polar surface area (TPSA) is 3.24 Å². The molecule has 0 amide bonds. The zero-order valence-electron chi connectivity index (χ0n) is 9.12. The molecule has 16 heavy (non-hydrogen) atoms. The molecule has 0 N–H and O–H groups in total. The number of anilines is 1. The Kier molecular flexibility index (Phi) is 2.60. The largest absolute Gasteiger partial charge is 0.371 e. The fourth-order valence-electron chi connectivity index (χ4n) is 2.48. The second-order valence-electron chi connectivity index (χ2n) is 4.31. The Hall–Kier alpha value is -1.02. The van der Waals surface area contributed by atoms with E-state index in [-0.39, 0.29) is 0 Å². The van der Waals surface area contributed by atoms with Gasteiger partial charge in [-0.1, -0.05) is 40.2 Å². The lowest BCUT2D eigenvalue weighted by Gasteiger charge is -2.20. The molecule has 1 nitrogen and oxygen atoms in total. The summed E-state index contributed by atoms with van der Waals surface area (Å²) in [5.41, 5.74) is 1.39. The molecular formula is C14H14BrN. The molecule has 2 aromatic rings. The maximum Gasteiger partial charge on any atom is 0.0446 e. The van der Waals surface area contributed by atoms with Crippen molar-refractivity contribution in [2.45, 2.75) is 12.8 Å². The van der Waals surface area contributed by atoms with Crippen molar-refractivity contribution < 1.29 is 0 Å². The molecule has 1 fully saturated rings. The van der Waals surface area contributed by atoms with Gasteiger partial charge in [0.15, 0.2) is 0 Å². The normalized spacial score (nSPS) is 15.9. The number of halogens is 1. The molecule has 0 unspecified atom stereocenters. The maximum absolute atomic E-state index is 3.62. The van der Waals surface area contributed by atoms with E-state index in [0.29, 0.717) is 0 Å². The monoisotopic (exact) mass is 275 g/mol. The molecule has 1 heterocycles. The molecule has 2 aromatic carbocycles. The van der Waals surface area contributed by atoms with Gasteiger partial charge in [-0.15, -0.1) is 0 Å². The highest BCUT2D eigenvalue weighted by Crippen LogP contribution is 2.33. The third-order valence-corrected chi connectivity index (χ3v) is 3.99. The number of fused-ring (bicyclic) bond motifs is 1. The standard InChI is InChI=1S/C14H14BrN/c15-13-7-8-14(16-9-3-4-10-16)12-6-2-1-5-11(12)13/h1-2,5-8H,3-4,9-10H2. The first kappa shape index (κ1) is 10.2. The minimum atomic E-state index is 1.19. The van der Waals surface area contributed by atoms with Gasteiger partial charge in [-0.3, -0.25) is 0 Å². The highest BCUT2D eigenvalue weighted by Gasteiger charge is 2.15. The summed E-state index contributed by atoms with van der Waals surface area (Å²) < 4.78 is 1.19. The number of rotatable bonds is 1. The highest BCUT2D eigenvalue weighted by molar-refractivity contribution is 9.10. The summed E-state index contributed by atoms with van der Waals surface area (Å²) in [5, 5.41) is 2.67. The Morgan fingerprint density at radius 1 is 0.875 bits per heavy atom. The number of benzene rings is 2. The van der Waals surface area contributed by atoms with Crippen molar-refractivity contribution in [1.82, 2.24) is 0 Å². The minimum absolute atomic E-state index is 1.19. The quantitative estimate of drug-likeness (QED) is 0.754. The number of nitrogens with zero attached hydrogens (tertiary/aromatic N) is 1. The Balaban J connectivity index is 2.21. The summed E-state index contributed by atoms with van der Waals surface area (Å²) in [6.45, 7) is 2.40. The molecule has 0 radical (unpaired) electrons. The molecule has 0 atom stereocenters. The molecule has 0 aromatic heterocycles. The van der Waals surface area contributed by atoms with Crippen molar-refractivity contribution in [3.63, 3.8) is 0 Å². The van der Waals surface area contributed by atoms with Gasteiger partial charge in [0.1, 0.15) is 0 Å². The van der Waals surface area contributed by atoms with E-state index in [2.05, 4.69) is 57.2 Å². The molecule has 1 aliphatic heterocycles. The van der Waals surface area contributed by atoms with Crippen molar-refractivity contribution in [2.24, 2.45) is 0 Å². The zero-order valence-corrected chi connectivity index (χ0v) is 10.7. The summed E-state index contributed by atoms with van der Waals surface area (Å²) in [4.78, 5) is 2.49. The van der Waals surface area contributed by atoms with E-state index < -0.39 is 0 Å². The molecule has 1 aliphatic rings. The second-order valence-corrected chi connectivity index (χ2v) is 5.16. The Labute approximate surface area is 104 Å². The van der Waals surface area contributed by atoms with E-state index in [1.807, 2.05) is 0 Å². The van der Waals surface area contributed by atoms with Gasteiger partial charge >= 0.3 is 0 Å². The van der Waals surface area contributed by atoms with E-state index in [1.165, 1.54) is 46.9 Å². The number of hydrogen-bond donors (Lipinski definition) is 0. The van der Waals surface area contributed by atoms with Gasteiger partial charge in [0, 0.05) is 28.6 Å². The van der Waals surface area contributed by atoms with Crippen LogP contribution >= 0.6 is 15.9 Å². The van der Waals surface area contributed by atoms with E-state index in [4.69, 9.17) is 0 Å². The summed E-state index contributed by atoms with van der Waals surface area (Å²) in [6, 6.07) is 13.0.